The van der Waals surface area contributed by atoms with Crippen molar-refractivity contribution in [2.24, 2.45) is 7.05 Å². The average Bonchev–Trinajstić information content (AvgIpc) is 3.27. The topological polar surface area (TPSA) is 58.4 Å². The molecule has 3 heterocycles. The number of pyridine rings is 1. The summed E-state index contributed by atoms with van der Waals surface area (Å²) in [7, 11) is 1.42. The van der Waals surface area contributed by atoms with Gasteiger partial charge in [-0.1, -0.05) is 24.3 Å². The molecule has 7 heteroatoms. The lowest BCUT2D eigenvalue weighted by Gasteiger charge is -2.32. The smallest absolute Gasteiger partial charge is 0.487 e. The Morgan fingerprint density at radius 1 is 0.909 bits per heavy atom. The molecular weight excluding hydrogens is 413 g/mol. The minimum absolute atomic E-state index is 0.327. The van der Waals surface area contributed by atoms with Crippen molar-refractivity contribution in [3.05, 3.63) is 72.6 Å². The first-order valence-electron chi connectivity index (χ1n) is 11.2. The molecule has 0 spiro atoms. The highest BCUT2D eigenvalue weighted by Crippen LogP contribution is 2.36. The second-order valence-electron chi connectivity index (χ2n) is 9.50. The Labute approximate surface area is 194 Å². The molecule has 2 aromatic heterocycles. The van der Waals surface area contributed by atoms with Crippen LogP contribution < -0.4 is 10.2 Å². The maximum absolute atomic E-state index is 6.21. The van der Waals surface area contributed by atoms with Crippen molar-refractivity contribution in [2.75, 3.05) is 0 Å². The van der Waals surface area contributed by atoms with Gasteiger partial charge in [-0.25, -0.2) is 4.98 Å². The molecule has 0 atom stereocenters. The molecule has 5 rings (SSSR count). The molecule has 4 aromatic rings. The van der Waals surface area contributed by atoms with Gasteiger partial charge in [0.2, 0.25) is 0 Å². The van der Waals surface area contributed by atoms with Crippen LogP contribution in [0.3, 0.4) is 0 Å². The number of fused-ring (bicyclic) bond motifs is 1. The van der Waals surface area contributed by atoms with E-state index in [1.807, 2.05) is 89.5 Å². The van der Waals surface area contributed by atoms with Gasteiger partial charge < -0.3 is 14.0 Å². The van der Waals surface area contributed by atoms with Crippen molar-refractivity contribution in [3.63, 3.8) is 0 Å². The fourth-order valence-electron chi connectivity index (χ4n) is 3.93. The van der Waals surface area contributed by atoms with Crippen LogP contribution in [0.15, 0.2) is 66.9 Å². The molecule has 0 bridgehead atoms. The molecule has 6 nitrogen and oxygen atoms in total. The molecule has 1 aliphatic rings. The maximum atomic E-state index is 6.21. The normalized spacial score (nSPS) is 16.9. The van der Waals surface area contributed by atoms with Crippen LogP contribution in [0.25, 0.3) is 22.2 Å². The Morgan fingerprint density at radius 2 is 1.61 bits per heavy atom. The third kappa shape index (κ3) is 4.14. The summed E-state index contributed by atoms with van der Waals surface area (Å²) in [6.45, 7) is 8.52. The Kier molecular flexibility index (Phi) is 5.26. The molecule has 33 heavy (non-hydrogen) atoms. The molecule has 1 fully saturated rings. The van der Waals surface area contributed by atoms with Gasteiger partial charge in [-0.05, 0) is 64.1 Å². The Hall–Kier alpha value is -3.16. The van der Waals surface area contributed by atoms with E-state index >= 15 is 0 Å². The van der Waals surface area contributed by atoms with Gasteiger partial charge in [0.25, 0.3) is 0 Å². The number of hydrogen-bond donors (Lipinski definition) is 0. The lowest BCUT2D eigenvalue weighted by atomic mass is 9.79. The molecule has 0 radical (unpaired) electrons. The minimum atomic E-state index is -0.469. The van der Waals surface area contributed by atoms with Crippen molar-refractivity contribution < 1.29 is 14.0 Å². The zero-order chi connectivity index (χ0) is 23.2. The number of hydrogen-bond acceptors (Lipinski definition) is 5. The summed E-state index contributed by atoms with van der Waals surface area (Å²) in [5.74, 6) is 0.769. The van der Waals surface area contributed by atoms with E-state index in [4.69, 9.17) is 19.0 Å². The summed E-state index contributed by atoms with van der Waals surface area (Å²) >= 11 is 0. The molecule has 168 valence electrons. The predicted octanol–water partition coefficient (Wildman–Crippen LogP) is 4.51. The van der Waals surface area contributed by atoms with E-state index < -0.39 is 18.3 Å². The summed E-state index contributed by atoms with van der Waals surface area (Å²) < 4.78 is 20.3. The molecule has 0 saturated carbocycles. The molecule has 0 unspecified atom stereocenters. The minimum Gasteiger partial charge on any atom is -0.487 e. The van der Waals surface area contributed by atoms with Crippen molar-refractivity contribution in [3.8, 4) is 17.0 Å². The summed E-state index contributed by atoms with van der Waals surface area (Å²) in [6, 6.07) is 20.2. The van der Waals surface area contributed by atoms with E-state index in [-0.39, 0.29) is 0 Å². The molecule has 0 N–H and O–H groups in total. The van der Waals surface area contributed by atoms with Crippen LogP contribution in [-0.2, 0) is 23.0 Å². The number of nitrogens with zero attached hydrogens (tertiary/aromatic N) is 3. The summed E-state index contributed by atoms with van der Waals surface area (Å²) in [5, 5.41) is 5.72. The zero-order valence-electron chi connectivity index (χ0n) is 19.7. The van der Waals surface area contributed by atoms with Gasteiger partial charge in [-0.2, -0.15) is 5.10 Å². The quantitative estimate of drug-likeness (QED) is 0.427. The van der Waals surface area contributed by atoms with Crippen LogP contribution in [0.5, 0.6) is 5.75 Å². The second-order valence-corrected chi connectivity index (χ2v) is 9.50. The van der Waals surface area contributed by atoms with E-state index in [1.165, 1.54) is 0 Å². The van der Waals surface area contributed by atoms with Gasteiger partial charge in [0.15, 0.2) is 0 Å². The molecule has 0 aliphatic carbocycles. The van der Waals surface area contributed by atoms with Crippen molar-refractivity contribution in [1.82, 2.24) is 14.8 Å². The summed E-state index contributed by atoms with van der Waals surface area (Å²) in [4.78, 5) is 4.77. The molecule has 0 amide bonds. The summed E-state index contributed by atoms with van der Waals surface area (Å²) in [5.41, 5.74) is 3.86. The highest BCUT2D eigenvalue weighted by atomic mass is 16.7. The van der Waals surface area contributed by atoms with E-state index in [9.17, 15) is 0 Å². The first-order valence-corrected chi connectivity index (χ1v) is 11.2. The van der Waals surface area contributed by atoms with Crippen molar-refractivity contribution >= 4 is 23.5 Å². The fraction of sp³-hybridized carbons (Fsp3) is 0.308. The number of benzene rings is 2. The first-order chi connectivity index (χ1) is 15.7. The van der Waals surface area contributed by atoms with Crippen molar-refractivity contribution in [1.29, 1.82) is 0 Å². The van der Waals surface area contributed by atoms with Crippen LogP contribution in [-0.4, -0.2) is 33.1 Å². The van der Waals surface area contributed by atoms with Crippen LogP contribution >= 0.6 is 0 Å². The molecular formula is C26H28BN3O3. The lowest BCUT2D eigenvalue weighted by Crippen LogP contribution is -2.41. The van der Waals surface area contributed by atoms with Crippen molar-refractivity contribution in [2.45, 2.75) is 45.5 Å². The predicted molar refractivity (Wildman–Crippen MR) is 130 cm³/mol. The average molecular weight is 441 g/mol. The van der Waals surface area contributed by atoms with Gasteiger partial charge in [-0.3, -0.25) is 4.68 Å². The monoisotopic (exact) mass is 441 g/mol. The van der Waals surface area contributed by atoms with E-state index in [0.29, 0.717) is 6.61 Å². The standard InChI is InChI=1S/C26H28BN3O3/c1-25(2)26(3,4)33-27(32-25)21-16-30(5)29-24(21)17-31-20-13-10-19(11-14-20)23-15-12-18-8-6-7-9-22(18)28-23/h6-16H,17H2,1-5H3. The third-order valence-electron chi connectivity index (χ3n) is 6.57. The number of para-hydroxylation sites is 1. The van der Waals surface area contributed by atoms with E-state index in [0.717, 1.165) is 39.1 Å². The Bertz CT molecular complexity index is 1280. The van der Waals surface area contributed by atoms with Gasteiger partial charge in [0.1, 0.15) is 12.4 Å². The highest BCUT2D eigenvalue weighted by molar-refractivity contribution is 6.62. The van der Waals surface area contributed by atoms with Crippen LogP contribution in [0.1, 0.15) is 33.4 Å². The Balaban J connectivity index is 1.30. The van der Waals surface area contributed by atoms with E-state index in [2.05, 4.69) is 17.2 Å². The maximum Gasteiger partial charge on any atom is 0.498 e. The van der Waals surface area contributed by atoms with Gasteiger partial charge >= 0.3 is 7.12 Å². The van der Waals surface area contributed by atoms with Crippen LogP contribution in [0, 0.1) is 0 Å². The largest absolute Gasteiger partial charge is 0.498 e. The SMILES string of the molecule is Cn1cc(B2OC(C)(C)C(C)(C)O2)c(COc2ccc(-c3ccc4ccccc4n3)cc2)n1. The summed E-state index contributed by atoms with van der Waals surface area (Å²) in [6.07, 6.45) is 1.94. The number of rotatable bonds is 5. The number of aromatic nitrogens is 3. The van der Waals surface area contributed by atoms with Gasteiger partial charge in [-0.15, -0.1) is 0 Å². The number of ether oxygens (including phenoxy) is 1. The first kappa shape index (κ1) is 21.7. The van der Waals surface area contributed by atoms with Crippen LogP contribution in [0.2, 0.25) is 0 Å². The second kappa shape index (κ2) is 8.01. The molecule has 1 saturated heterocycles. The third-order valence-corrected chi connectivity index (χ3v) is 6.57. The highest BCUT2D eigenvalue weighted by Gasteiger charge is 2.52. The van der Waals surface area contributed by atoms with E-state index in [1.54, 1.807) is 4.68 Å². The molecule has 2 aromatic carbocycles. The number of aryl methyl sites for hydroxylation is 1. The van der Waals surface area contributed by atoms with Gasteiger partial charge in [0, 0.05) is 29.7 Å². The lowest BCUT2D eigenvalue weighted by molar-refractivity contribution is 0.00578. The van der Waals surface area contributed by atoms with Crippen LogP contribution in [0.4, 0.5) is 0 Å². The Morgan fingerprint density at radius 3 is 2.33 bits per heavy atom. The molecule has 1 aliphatic heterocycles. The fourth-order valence-corrected chi connectivity index (χ4v) is 3.93. The van der Waals surface area contributed by atoms with Gasteiger partial charge in [0.05, 0.1) is 28.1 Å². The zero-order valence-corrected chi connectivity index (χ0v) is 19.7.